The van der Waals surface area contributed by atoms with Gasteiger partial charge in [-0.05, 0) is 31.9 Å². The maximum atomic E-state index is 12.0. The Labute approximate surface area is 121 Å². The zero-order valence-electron chi connectivity index (χ0n) is 11.4. The van der Waals surface area contributed by atoms with Gasteiger partial charge in [-0.15, -0.1) is 10.2 Å². The monoisotopic (exact) mass is 291 g/mol. The second kappa shape index (κ2) is 5.62. The minimum atomic E-state index is -0.0876. The van der Waals surface area contributed by atoms with E-state index in [1.165, 1.54) is 24.2 Å². The second-order valence-electron chi connectivity index (χ2n) is 4.68. The van der Waals surface area contributed by atoms with Crippen LogP contribution in [0.1, 0.15) is 30.3 Å². The normalized spacial score (nSPS) is 14.8. The van der Waals surface area contributed by atoms with E-state index in [1.807, 2.05) is 19.2 Å². The molecule has 1 saturated heterocycles. The number of carbonyl (C=O) groups excluding carboxylic acids is 1. The highest BCUT2D eigenvalue weighted by Crippen LogP contribution is 2.27. The van der Waals surface area contributed by atoms with Crippen molar-refractivity contribution < 1.29 is 4.79 Å². The third-order valence-electron chi connectivity index (χ3n) is 3.31. The highest BCUT2D eigenvalue weighted by Gasteiger charge is 2.19. The van der Waals surface area contributed by atoms with Crippen molar-refractivity contribution in [2.24, 2.45) is 0 Å². The van der Waals surface area contributed by atoms with Gasteiger partial charge in [0.2, 0.25) is 10.3 Å². The minimum Gasteiger partial charge on any atom is -0.351 e. The van der Waals surface area contributed by atoms with Crippen LogP contribution in [0.2, 0.25) is 0 Å². The molecule has 1 N–H and O–H groups in total. The molecule has 7 heteroatoms. The Hall–Kier alpha value is -1.89. The van der Waals surface area contributed by atoms with Gasteiger partial charge in [-0.1, -0.05) is 11.3 Å². The van der Waals surface area contributed by atoms with E-state index in [2.05, 4.69) is 20.4 Å². The van der Waals surface area contributed by atoms with Crippen molar-refractivity contribution in [2.45, 2.75) is 19.8 Å². The Morgan fingerprint density at radius 3 is 2.85 bits per heavy atom. The van der Waals surface area contributed by atoms with Crippen molar-refractivity contribution in [2.75, 3.05) is 24.5 Å². The van der Waals surface area contributed by atoms with E-state index >= 15 is 0 Å². The maximum absolute atomic E-state index is 12.0. The number of anilines is 1. The van der Waals surface area contributed by atoms with Crippen molar-refractivity contribution in [3.05, 3.63) is 24.0 Å². The largest absolute Gasteiger partial charge is 0.351 e. The lowest BCUT2D eigenvalue weighted by molar-refractivity contribution is 0.0949. The van der Waals surface area contributed by atoms with Crippen LogP contribution in [0.4, 0.5) is 5.13 Å². The molecule has 0 radical (unpaired) electrons. The van der Waals surface area contributed by atoms with Crippen LogP contribution >= 0.6 is 11.3 Å². The molecule has 0 spiro atoms. The summed E-state index contributed by atoms with van der Waals surface area (Å²) in [6.07, 6.45) is 4.27. The molecule has 0 atom stereocenters. The SMILES string of the molecule is CCNC(=O)c1cccn1-c1nnc(N2CCCC2)s1. The molecule has 0 unspecified atom stereocenters. The van der Waals surface area contributed by atoms with Gasteiger partial charge in [0, 0.05) is 25.8 Å². The van der Waals surface area contributed by atoms with Crippen LogP contribution in [0.5, 0.6) is 0 Å². The van der Waals surface area contributed by atoms with Gasteiger partial charge in [0.1, 0.15) is 5.69 Å². The predicted molar refractivity (Wildman–Crippen MR) is 78.7 cm³/mol. The molecule has 3 rings (SSSR count). The van der Waals surface area contributed by atoms with Gasteiger partial charge in [-0.25, -0.2) is 0 Å². The zero-order valence-corrected chi connectivity index (χ0v) is 12.2. The van der Waals surface area contributed by atoms with Crippen LogP contribution in [0, 0.1) is 0 Å². The lowest BCUT2D eigenvalue weighted by Gasteiger charge is -2.11. The number of hydrogen-bond acceptors (Lipinski definition) is 5. The lowest BCUT2D eigenvalue weighted by atomic mass is 10.4. The van der Waals surface area contributed by atoms with Crippen LogP contribution in [0.3, 0.4) is 0 Å². The Morgan fingerprint density at radius 2 is 2.10 bits per heavy atom. The average molecular weight is 291 g/mol. The summed E-state index contributed by atoms with van der Waals surface area (Å²) in [5, 5.41) is 12.9. The third kappa shape index (κ3) is 2.40. The zero-order chi connectivity index (χ0) is 13.9. The molecule has 20 heavy (non-hydrogen) atoms. The summed E-state index contributed by atoms with van der Waals surface area (Å²) in [6, 6.07) is 3.64. The number of rotatable bonds is 4. The first-order valence-corrected chi connectivity index (χ1v) is 7.65. The fraction of sp³-hybridized carbons (Fsp3) is 0.462. The molecular formula is C13H17N5OS. The maximum Gasteiger partial charge on any atom is 0.268 e. The highest BCUT2D eigenvalue weighted by molar-refractivity contribution is 7.17. The number of carbonyl (C=O) groups is 1. The summed E-state index contributed by atoms with van der Waals surface area (Å²) in [5.41, 5.74) is 0.593. The fourth-order valence-corrected chi connectivity index (χ4v) is 3.22. The fourth-order valence-electron chi connectivity index (χ4n) is 2.33. The van der Waals surface area contributed by atoms with Crippen LogP contribution < -0.4 is 10.2 Å². The van der Waals surface area contributed by atoms with Crippen LogP contribution in [0.25, 0.3) is 5.13 Å². The predicted octanol–water partition coefficient (Wildman–Crippen LogP) is 1.68. The molecule has 2 aromatic heterocycles. The third-order valence-corrected chi connectivity index (χ3v) is 4.29. The van der Waals surface area contributed by atoms with Crippen molar-refractivity contribution in [3.63, 3.8) is 0 Å². The smallest absolute Gasteiger partial charge is 0.268 e. The molecule has 0 aromatic carbocycles. The number of aromatic nitrogens is 3. The molecule has 1 aliphatic rings. The van der Waals surface area contributed by atoms with Crippen molar-refractivity contribution >= 4 is 22.4 Å². The Kier molecular flexibility index (Phi) is 3.68. The van der Waals surface area contributed by atoms with E-state index < -0.39 is 0 Å². The molecule has 3 heterocycles. The molecule has 6 nitrogen and oxygen atoms in total. The van der Waals surface area contributed by atoms with Gasteiger partial charge in [-0.2, -0.15) is 0 Å². The van der Waals surface area contributed by atoms with Gasteiger partial charge in [0.15, 0.2) is 0 Å². The molecule has 1 aliphatic heterocycles. The first-order chi connectivity index (χ1) is 9.79. The number of nitrogens with zero attached hydrogens (tertiary/aromatic N) is 4. The molecule has 1 amide bonds. The Balaban J connectivity index is 1.86. The van der Waals surface area contributed by atoms with Crippen molar-refractivity contribution in [1.29, 1.82) is 0 Å². The molecule has 1 fully saturated rings. The molecular weight excluding hydrogens is 274 g/mol. The summed E-state index contributed by atoms with van der Waals surface area (Å²) < 4.78 is 1.79. The van der Waals surface area contributed by atoms with Gasteiger partial charge < -0.3 is 10.2 Å². The average Bonchev–Trinajstić information content (AvgIpc) is 3.19. The topological polar surface area (TPSA) is 63.1 Å². The van der Waals surface area contributed by atoms with E-state index in [9.17, 15) is 4.79 Å². The number of nitrogens with one attached hydrogen (secondary N) is 1. The van der Waals surface area contributed by atoms with Crippen LogP contribution in [-0.2, 0) is 0 Å². The first-order valence-electron chi connectivity index (χ1n) is 6.84. The molecule has 0 aliphatic carbocycles. The Morgan fingerprint density at radius 1 is 1.35 bits per heavy atom. The summed E-state index contributed by atoms with van der Waals surface area (Å²) in [7, 11) is 0. The molecule has 0 bridgehead atoms. The van der Waals surface area contributed by atoms with E-state index in [-0.39, 0.29) is 5.91 Å². The summed E-state index contributed by atoms with van der Waals surface area (Å²) in [6.45, 7) is 4.60. The first kappa shape index (κ1) is 13.1. The van der Waals surface area contributed by atoms with E-state index in [1.54, 1.807) is 10.6 Å². The van der Waals surface area contributed by atoms with Gasteiger partial charge in [0.05, 0.1) is 0 Å². The van der Waals surface area contributed by atoms with Gasteiger partial charge in [-0.3, -0.25) is 9.36 Å². The van der Waals surface area contributed by atoms with E-state index in [0.29, 0.717) is 12.2 Å². The quantitative estimate of drug-likeness (QED) is 0.931. The van der Waals surface area contributed by atoms with Gasteiger partial charge in [0.25, 0.3) is 5.91 Å². The number of hydrogen-bond donors (Lipinski definition) is 1. The van der Waals surface area contributed by atoms with Crippen molar-refractivity contribution in [3.8, 4) is 5.13 Å². The number of amides is 1. The Bertz CT molecular complexity index is 599. The van der Waals surface area contributed by atoms with Gasteiger partial charge >= 0.3 is 0 Å². The van der Waals surface area contributed by atoms with Crippen LogP contribution in [-0.4, -0.2) is 40.3 Å². The van der Waals surface area contributed by atoms with E-state index in [0.717, 1.165) is 23.4 Å². The summed E-state index contributed by atoms with van der Waals surface area (Å²) in [4.78, 5) is 14.2. The molecule has 106 valence electrons. The van der Waals surface area contributed by atoms with Crippen LogP contribution in [0.15, 0.2) is 18.3 Å². The highest BCUT2D eigenvalue weighted by atomic mass is 32.1. The summed E-state index contributed by atoms with van der Waals surface area (Å²) >= 11 is 1.52. The summed E-state index contributed by atoms with van der Waals surface area (Å²) in [5.74, 6) is -0.0876. The minimum absolute atomic E-state index is 0.0876. The van der Waals surface area contributed by atoms with Crippen molar-refractivity contribution in [1.82, 2.24) is 20.1 Å². The van der Waals surface area contributed by atoms with E-state index in [4.69, 9.17) is 0 Å². The lowest BCUT2D eigenvalue weighted by Crippen LogP contribution is -2.24. The second-order valence-corrected chi connectivity index (χ2v) is 5.62. The standard InChI is InChI=1S/C13H17N5OS/c1-2-14-11(19)10-6-5-9-18(10)13-16-15-12(20-13)17-7-3-4-8-17/h5-6,9H,2-4,7-8H2,1H3,(H,14,19). The molecule has 2 aromatic rings. The molecule has 0 saturated carbocycles.